The molecule has 105 valence electrons. The highest BCUT2D eigenvalue weighted by Gasteiger charge is 2.13. The molecule has 2 rings (SSSR count). The normalized spacial score (nSPS) is 11.6. The largest absolute Gasteiger partial charge is 0.0617 e. The van der Waals surface area contributed by atoms with E-state index in [0.29, 0.717) is 0 Å². The summed E-state index contributed by atoms with van der Waals surface area (Å²) >= 11 is 0. The molecular weight excluding hydrogens is 240 g/mol. The zero-order chi connectivity index (χ0) is 14.4. The monoisotopic (exact) mass is 265 g/mol. The van der Waals surface area contributed by atoms with E-state index in [9.17, 15) is 0 Å². The van der Waals surface area contributed by atoms with Crippen molar-refractivity contribution in [3.8, 4) is 0 Å². The quantitative estimate of drug-likeness (QED) is 0.639. The Kier molecular flexibility index (Phi) is 5.00. The molecule has 0 bridgehead atoms. The van der Waals surface area contributed by atoms with Gasteiger partial charge in [-0.05, 0) is 53.9 Å². The second-order valence-corrected chi connectivity index (χ2v) is 6.57. The molecule has 2 aromatic rings. The minimum atomic E-state index is 0.247. The van der Waals surface area contributed by atoms with Gasteiger partial charge in [0.2, 0.25) is 0 Å². The number of rotatable bonds is 5. The fraction of sp³-hybridized carbons (Fsp3) is 0.400. The van der Waals surface area contributed by atoms with E-state index in [1.54, 1.807) is 0 Å². The molecule has 0 saturated carbocycles. The Labute approximate surface area is 123 Å². The summed E-state index contributed by atoms with van der Waals surface area (Å²) in [5, 5.41) is 0. The van der Waals surface area contributed by atoms with Crippen LogP contribution in [-0.4, -0.2) is 0 Å². The van der Waals surface area contributed by atoms with Gasteiger partial charge in [0, 0.05) is 0 Å². The van der Waals surface area contributed by atoms with Crippen molar-refractivity contribution < 1.29 is 0 Å². The Bertz CT molecular complexity index is 517. The van der Waals surface area contributed by atoms with Crippen LogP contribution in [0.5, 0.6) is 0 Å². The molecule has 0 aliphatic carbocycles. The summed E-state index contributed by atoms with van der Waals surface area (Å²) in [7, 11) is 0. The summed E-state index contributed by atoms with van der Waals surface area (Å²) in [5.41, 5.74) is 4.58. The lowest BCUT2D eigenvalue weighted by Crippen LogP contribution is -2.11. The summed E-state index contributed by atoms with van der Waals surface area (Å²) < 4.78 is 0. The highest BCUT2D eigenvalue weighted by Crippen LogP contribution is 2.23. The molecule has 0 nitrogen and oxygen atoms in total. The van der Waals surface area contributed by atoms with Crippen molar-refractivity contribution in [2.75, 3.05) is 0 Å². The minimum Gasteiger partial charge on any atom is -0.0617 e. The molecular formula is C20H25. The van der Waals surface area contributed by atoms with Gasteiger partial charge in [0.15, 0.2) is 0 Å². The molecule has 0 N–H and O–H groups in total. The standard InChI is InChI=1S/C20H25/c1-20(2,3)19-15-9-14-18(16-19)13-8-7-12-17-10-5-4-6-11-17/h5-6,9-11,14-16H,7-8,12-13H2,1-3H3. The van der Waals surface area contributed by atoms with Crippen LogP contribution in [0.25, 0.3) is 0 Å². The van der Waals surface area contributed by atoms with Crippen LogP contribution in [0.15, 0.2) is 48.5 Å². The first kappa shape index (κ1) is 14.8. The Morgan fingerprint density at radius 3 is 2.15 bits per heavy atom. The highest BCUT2D eigenvalue weighted by molar-refractivity contribution is 5.28. The van der Waals surface area contributed by atoms with Gasteiger partial charge in [-0.15, -0.1) is 0 Å². The molecule has 0 heterocycles. The first-order valence-corrected chi connectivity index (χ1v) is 7.60. The van der Waals surface area contributed by atoms with Crippen molar-refractivity contribution in [1.82, 2.24) is 0 Å². The summed E-state index contributed by atoms with van der Waals surface area (Å²) in [6.07, 6.45) is 4.87. The SMILES string of the molecule is CC(C)(C)c1cccc(CCCCc2cc[c]cc2)c1. The number of aryl methyl sites for hydroxylation is 2. The van der Waals surface area contributed by atoms with Crippen LogP contribution < -0.4 is 0 Å². The Morgan fingerprint density at radius 1 is 0.850 bits per heavy atom. The molecule has 0 heteroatoms. The smallest absolute Gasteiger partial charge is 0.0132 e. The van der Waals surface area contributed by atoms with Crippen molar-refractivity contribution in [1.29, 1.82) is 0 Å². The molecule has 0 spiro atoms. The maximum atomic E-state index is 3.07. The average Bonchev–Trinajstić information content (AvgIpc) is 2.44. The minimum absolute atomic E-state index is 0.247. The topological polar surface area (TPSA) is 0 Å². The van der Waals surface area contributed by atoms with Crippen LogP contribution in [-0.2, 0) is 18.3 Å². The number of unbranched alkanes of at least 4 members (excludes halogenated alkanes) is 1. The van der Waals surface area contributed by atoms with Gasteiger partial charge in [0.1, 0.15) is 0 Å². The Balaban J connectivity index is 1.83. The third kappa shape index (κ3) is 4.52. The summed E-state index contributed by atoms with van der Waals surface area (Å²) in [6.45, 7) is 6.83. The Morgan fingerprint density at radius 2 is 1.50 bits per heavy atom. The maximum Gasteiger partial charge on any atom is -0.0132 e. The molecule has 20 heavy (non-hydrogen) atoms. The van der Waals surface area contributed by atoms with Crippen LogP contribution in [0.1, 0.15) is 50.3 Å². The number of benzene rings is 2. The summed E-state index contributed by atoms with van der Waals surface area (Å²) in [4.78, 5) is 0. The van der Waals surface area contributed by atoms with E-state index in [0.717, 1.165) is 0 Å². The molecule has 0 aromatic heterocycles. The predicted molar refractivity (Wildman–Crippen MR) is 87.1 cm³/mol. The van der Waals surface area contributed by atoms with E-state index in [2.05, 4.69) is 63.2 Å². The van der Waals surface area contributed by atoms with E-state index >= 15 is 0 Å². The fourth-order valence-corrected chi connectivity index (χ4v) is 2.44. The third-order valence-corrected chi connectivity index (χ3v) is 3.76. The zero-order valence-electron chi connectivity index (χ0n) is 12.9. The number of hydrogen-bond donors (Lipinski definition) is 0. The molecule has 0 unspecified atom stereocenters. The van der Waals surface area contributed by atoms with Crippen LogP contribution in [0.3, 0.4) is 0 Å². The molecule has 1 radical (unpaired) electrons. The van der Waals surface area contributed by atoms with Gasteiger partial charge in [-0.1, -0.05) is 69.3 Å². The van der Waals surface area contributed by atoms with Crippen molar-refractivity contribution in [2.24, 2.45) is 0 Å². The van der Waals surface area contributed by atoms with Gasteiger partial charge < -0.3 is 0 Å². The zero-order valence-corrected chi connectivity index (χ0v) is 12.9. The van der Waals surface area contributed by atoms with E-state index < -0.39 is 0 Å². The van der Waals surface area contributed by atoms with Gasteiger partial charge in [-0.3, -0.25) is 0 Å². The van der Waals surface area contributed by atoms with Crippen LogP contribution in [0, 0.1) is 6.07 Å². The van der Waals surface area contributed by atoms with Crippen molar-refractivity contribution in [3.63, 3.8) is 0 Å². The van der Waals surface area contributed by atoms with Gasteiger partial charge in [0.25, 0.3) is 0 Å². The summed E-state index contributed by atoms with van der Waals surface area (Å²) in [5.74, 6) is 0. The first-order chi connectivity index (χ1) is 9.55. The van der Waals surface area contributed by atoms with Crippen molar-refractivity contribution >= 4 is 0 Å². The second-order valence-electron chi connectivity index (χ2n) is 6.57. The van der Waals surface area contributed by atoms with Gasteiger partial charge in [-0.25, -0.2) is 0 Å². The molecule has 0 aliphatic rings. The fourth-order valence-electron chi connectivity index (χ4n) is 2.44. The predicted octanol–water partition coefficient (Wildman–Crippen LogP) is 5.35. The first-order valence-electron chi connectivity index (χ1n) is 7.60. The van der Waals surface area contributed by atoms with E-state index in [4.69, 9.17) is 0 Å². The molecule has 0 aliphatic heterocycles. The van der Waals surface area contributed by atoms with Gasteiger partial charge >= 0.3 is 0 Å². The van der Waals surface area contributed by atoms with Crippen molar-refractivity contribution in [2.45, 2.75) is 51.9 Å². The lowest BCUT2D eigenvalue weighted by atomic mass is 9.86. The molecule has 0 amide bonds. The van der Waals surface area contributed by atoms with E-state index in [1.807, 2.05) is 12.1 Å². The van der Waals surface area contributed by atoms with Gasteiger partial charge in [0.05, 0.1) is 0 Å². The Hall–Kier alpha value is -1.56. The maximum absolute atomic E-state index is 3.07. The number of hydrogen-bond acceptors (Lipinski definition) is 0. The van der Waals surface area contributed by atoms with Crippen LogP contribution in [0.2, 0.25) is 0 Å². The summed E-state index contributed by atoms with van der Waals surface area (Å²) in [6, 6.07) is 20.5. The molecule has 2 aromatic carbocycles. The van der Waals surface area contributed by atoms with E-state index in [-0.39, 0.29) is 5.41 Å². The molecule has 0 fully saturated rings. The third-order valence-electron chi connectivity index (χ3n) is 3.76. The van der Waals surface area contributed by atoms with Gasteiger partial charge in [-0.2, -0.15) is 0 Å². The highest BCUT2D eigenvalue weighted by atomic mass is 14.2. The molecule has 0 saturated heterocycles. The van der Waals surface area contributed by atoms with E-state index in [1.165, 1.54) is 42.4 Å². The lowest BCUT2D eigenvalue weighted by Gasteiger charge is -2.19. The molecule has 0 atom stereocenters. The van der Waals surface area contributed by atoms with Crippen LogP contribution >= 0.6 is 0 Å². The van der Waals surface area contributed by atoms with Crippen molar-refractivity contribution in [3.05, 3.63) is 71.3 Å². The lowest BCUT2D eigenvalue weighted by molar-refractivity contribution is 0.588. The average molecular weight is 265 g/mol. The second kappa shape index (κ2) is 6.74. The van der Waals surface area contributed by atoms with Crippen LogP contribution in [0.4, 0.5) is 0 Å².